The quantitative estimate of drug-likeness (QED) is 0.433. The van der Waals surface area contributed by atoms with Gasteiger partial charge in [-0.1, -0.05) is 40.9 Å². The predicted octanol–water partition coefficient (Wildman–Crippen LogP) is 4.66. The van der Waals surface area contributed by atoms with Crippen molar-refractivity contribution >= 4 is 58.1 Å². The van der Waals surface area contributed by atoms with Crippen LogP contribution in [0.1, 0.15) is 15.9 Å². The van der Waals surface area contributed by atoms with E-state index in [-0.39, 0.29) is 26.3 Å². The first kappa shape index (κ1) is 20.0. The van der Waals surface area contributed by atoms with Crippen LogP contribution in [0.15, 0.2) is 30.3 Å². The molecule has 0 aromatic heterocycles. The SMILES string of the molecule is Cc1ccc(Cl)c(NC(=O)COC(=O)c2ccc(Cl)c([N+](=O)[O-])c2)c1Cl. The molecule has 2 rings (SSSR count). The van der Waals surface area contributed by atoms with Gasteiger partial charge in [0, 0.05) is 6.07 Å². The molecule has 0 spiro atoms. The number of esters is 1. The second-order valence-electron chi connectivity index (χ2n) is 5.10. The number of benzene rings is 2. The van der Waals surface area contributed by atoms with Crippen molar-refractivity contribution < 1.29 is 19.2 Å². The number of nitro groups is 1. The number of anilines is 1. The Morgan fingerprint density at radius 3 is 2.46 bits per heavy atom. The van der Waals surface area contributed by atoms with Gasteiger partial charge in [-0.2, -0.15) is 0 Å². The third-order valence-corrected chi connectivity index (χ3v) is 4.38. The minimum Gasteiger partial charge on any atom is -0.452 e. The number of rotatable bonds is 5. The molecule has 2 aromatic rings. The molecule has 7 nitrogen and oxygen atoms in total. The van der Waals surface area contributed by atoms with E-state index in [9.17, 15) is 19.7 Å². The monoisotopic (exact) mass is 416 g/mol. The number of halogens is 3. The summed E-state index contributed by atoms with van der Waals surface area (Å²) in [7, 11) is 0. The van der Waals surface area contributed by atoms with Crippen molar-refractivity contribution in [2.75, 3.05) is 11.9 Å². The van der Waals surface area contributed by atoms with Crippen molar-refractivity contribution in [3.63, 3.8) is 0 Å². The molecule has 0 radical (unpaired) electrons. The Labute approximate surface area is 162 Å². The summed E-state index contributed by atoms with van der Waals surface area (Å²) in [5, 5.41) is 13.7. The average molecular weight is 418 g/mol. The molecule has 0 heterocycles. The molecule has 0 aliphatic heterocycles. The molecule has 26 heavy (non-hydrogen) atoms. The van der Waals surface area contributed by atoms with Gasteiger partial charge in [0.25, 0.3) is 11.6 Å². The molecule has 1 N–H and O–H groups in total. The average Bonchev–Trinajstić information content (AvgIpc) is 2.60. The summed E-state index contributed by atoms with van der Waals surface area (Å²) < 4.78 is 4.84. The summed E-state index contributed by atoms with van der Waals surface area (Å²) in [5.74, 6) is -1.59. The molecule has 0 saturated heterocycles. The number of nitro benzene ring substituents is 1. The molecular formula is C16H11Cl3N2O5. The number of ether oxygens (including phenoxy) is 1. The zero-order valence-electron chi connectivity index (χ0n) is 13.2. The number of aryl methyl sites for hydroxylation is 1. The van der Waals surface area contributed by atoms with Crippen LogP contribution >= 0.6 is 34.8 Å². The first-order valence-electron chi connectivity index (χ1n) is 7.06. The van der Waals surface area contributed by atoms with E-state index < -0.39 is 29.1 Å². The standard InChI is InChI=1S/C16H11Cl3N2O5/c1-8-2-4-11(18)15(14(8)19)20-13(22)7-26-16(23)9-3-5-10(17)12(6-9)21(24)25/h2-6H,7H2,1H3,(H,20,22). The largest absolute Gasteiger partial charge is 0.452 e. The Hall–Kier alpha value is -2.35. The van der Waals surface area contributed by atoms with Crippen molar-refractivity contribution in [1.82, 2.24) is 0 Å². The van der Waals surface area contributed by atoms with Gasteiger partial charge >= 0.3 is 5.97 Å². The summed E-state index contributed by atoms with van der Waals surface area (Å²) in [6, 6.07) is 6.67. The third-order valence-electron chi connectivity index (χ3n) is 3.26. The Kier molecular flexibility index (Phi) is 6.42. The molecule has 2 aromatic carbocycles. The lowest BCUT2D eigenvalue weighted by Gasteiger charge is -2.11. The second-order valence-corrected chi connectivity index (χ2v) is 6.29. The lowest BCUT2D eigenvalue weighted by Crippen LogP contribution is -2.21. The fourth-order valence-electron chi connectivity index (χ4n) is 1.94. The number of nitrogens with zero attached hydrogens (tertiary/aromatic N) is 1. The summed E-state index contributed by atoms with van der Waals surface area (Å²) in [6.45, 7) is 1.11. The molecule has 0 aliphatic carbocycles. The van der Waals surface area contributed by atoms with Gasteiger partial charge in [-0.25, -0.2) is 4.79 Å². The number of carbonyl (C=O) groups is 2. The molecule has 0 saturated carbocycles. The maximum absolute atomic E-state index is 12.0. The highest BCUT2D eigenvalue weighted by molar-refractivity contribution is 6.40. The summed E-state index contributed by atoms with van der Waals surface area (Å²) >= 11 is 17.7. The van der Waals surface area contributed by atoms with E-state index in [2.05, 4.69) is 5.32 Å². The molecule has 1 amide bonds. The van der Waals surface area contributed by atoms with E-state index in [1.165, 1.54) is 12.1 Å². The maximum Gasteiger partial charge on any atom is 0.338 e. The molecule has 0 unspecified atom stereocenters. The number of carbonyl (C=O) groups excluding carboxylic acids is 2. The molecule has 136 valence electrons. The second kappa shape index (κ2) is 8.35. The van der Waals surface area contributed by atoms with E-state index in [0.717, 1.165) is 6.07 Å². The van der Waals surface area contributed by atoms with E-state index in [1.807, 2.05) is 0 Å². The van der Waals surface area contributed by atoms with Gasteiger partial charge in [0.05, 0.1) is 26.2 Å². The predicted molar refractivity (Wildman–Crippen MR) is 98.2 cm³/mol. The highest BCUT2D eigenvalue weighted by Crippen LogP contribution is 2.32. The van der Waals surface area contributed by atoms with Gasteiger partial charge in [0.15, 0.2) is 6.61 Å². The molecule has 0 aliphatic rings. The summed E-state index contributed by atoms with van der Waals surface area (Å²) in [6.07, 6.45) is 0. The van der Waals surface area contributed by atoms with Crippen LogP contribution in [0.3, 0.4) is 0 Å². The van der Waals surface area contributed by atoms with Crippen LogP contribution in [0.25, 0.3) is 0 Å². The van der Waals surface area contributed by atoms with E-state index in [0.29, 0.717) is 5.56 Å². The topological polar surface area (TPSA) is 98.5 Å². The Balaban J connectivity index is 2.04. The first-order valence-corrected chi connectivity index (χ1v) is 8.19. The minimum absolute atomic E-state index is 0.111. The highest BCUT2D eigenvalue weighted by atomic mass is 35.5. The molecular weight excluding hydrogens is 407 g/mol. The van der Waals surface area contributed by atoms with Gasteiger partial charge in [0.1, 0.15) is 5.02 Å². The Morgan fingerprint density at radius 2 is 1.81 bits per heavy atom. The lowest BCUT2D eigenvalue weighted by molar-refractivity contribution is -0.384. The molecule has 0 fully saturated rings. The zero-order chi connectivity index (χ0) is 19.4. The normalized spacial score (nSPS) is 10.3. The van der Waals surface area contributed by atoms with Crippen molar-refractivity contribution in [2.24, 2.45) is 0 Å². The molecule has 10 heteroatoms. The van der Waals surface area contributed by atoms with Gasteiger partial charge in [-0.3, -0.25) is 14.9 Å². The van der Waals surface area contributed by atoms with E-state index in [4.69, 9.17) is 39.5 Å². The highest BCUT2D eigenvalue weighted by Gasteiger charge is 2.18. The summed E-state index contributed by atoms with van der Waals surface area (Å²) in [4.78, 5) is 34.0. The number of nitrogens with one attached hydrogen (secondary N) is 1. The summed E-state index contributed by atoms with van der Waals surface area (Å²) in [5.41, 5.74) is 0.359. The Bertz CT molecular complexity index is 902. The van der Waals surface area contributed by atoms with Crippen molar-refractivity contribution in [1.29, 1.82) is 0 Å². The van der Waals surface area contributed by atoms with Crippen LogP contribution in [0.4, 0.5) is 11.4 Å². The molecule has 0 bridgehead atoms. The van der Waals surface area contributed by atoms with Crippen molar-refractivity contribution in [2.45, 2.75) is 6.92 Å². The maximum atomic E-state index is 12.0. The lowest BCUT2D eigenvalue weighted by atomic mass is 10.2. The van der Waals surface area contributed by atoms with Gasteiger partial charge in [-0.05, 0) is 30.7 Å². The van der Waals surface area contributed by atoms with Gasteiger partial charge in [0.2, 0.25) is 0 Å². The number of amides is 1. The third kappa shape index (κ3) is 4.63. The van der Waals surface area contributed by atoms with Crippen LogP contribution in [-0.4, -0.2) is 23.4 Å². The number of hydrogen-bond donors (Lipinski definition) is 1. The fraction of sp³-hybridized carbons (Fsp3) is 0.125. The van der Waals surface area contributed by atoms with Gasteiger partial charge < -0.3 is 10.1 Å². The van der Waals surface area contributed by atoms with E-state index >= 15 is 0 Å². The van der Waals surface area contributed by atoms with Crippen molar-refractivity contribution in [3.05, 3.63) is 66.6 Å². The van der Waals surface area contributed by atoms with Crippen LogP contribution in [0.5, 0.6) is 0 Å². The van der Waals surface area contributed by atoms with E-state index in [1.54, 1.807) is 19.1 Å². The smallest absolute Gasteiger partial charge is 0.338 e. The zero-order valence-corrected chi connectivity index (χ0v) is 15.5. The fourth-order valence-corrected chi connectivity index (χ4v) is 2.59. The van der Waals surface area contributed by atoms with Crippen LogP contribution in [-0.2, 0) is 9.53 Å². The van der Waals surface area contributed by atoms with Crippen LogP contribution < -0.4 is 5.32 Å². The van der Waals surface area contributed by atoms with Crippen LogP contribution in [0, 0.1) is 17.0 Å². The Morgan fingerprint density at radius 1 is 1.15 bits per heavy atom. The molecule has 0 atom stereocenters. The minimum atomic E-state index is -0.915. The number of hydrogen-bond acceptors (Lipinski definition) is 5. The van der Waals surface area contributed by atoms with Crippen molar-refractivity contribution in [3.8, 4) is 0 Å². The first-order chi connectivity index (χ1) is 12.2. The van der Waals surface area contributed by atoms with Gasteiger partial charge in [-0.15, -0.1) is 0 Å². The van der Waals surface area contributed by atoms with Crippen LogP contribution in [0.2, 0.25) is 15.1 Å².